The summed E-state index contributed by atoms with van der Waals surface area (Å²) in [5, 5.41) is 7.33. The Hall–Kier alpha value is -3.25. The van der Waals surface area contributed by atoms with Gasteiger partial charge in [-0.05, 0) is 31.0 Å². The van der Waals surface area contributed by atoms with Crippen LogP contribution < -0.4 is 20.9 Å². The first-order chi connectivity index (χ1) is 15.0. The molecule has 3 N–H and O–H groups in total. The van der Waals surface area contributed by atoms with Gasteiger partial charge in [-0.3, -0.25) is 0 Å². The molecule has 1 aliphatic heterocycles. The quantitative estimate of drug-likeness (QED) is 0.439. The molecule has 1 aromatic carbocycles. The van der Waals surface area contributed by atoms with E-state index in [1.165, 1.54) is 6.33 Å². The Kier molecular flexibility index (Phi) is 6.94. The largest absolute Gasteiger partial charge is 0.416 e. The number of urea groups is 1. The van der Waals surface area contributed by atoms with E-state index in [4.69, 9.17) is 0 Å². The summed E-state index contributed by atoms with van der Waals surface area (Å²) in [6.07, 6.45) is -6.42. The number of alkyl halides is 6. The fraction of sp³-hybridized carbons (Fsp3) is 0.421. The van der Waals surface area contributed by atoms with E-state index in [-0.39, 0.29) is 19.2 Å². The van der Waals surface area contributed by atoms with Gasteiger partial charge in [0.05, 0.1) is 11.1 Å². The van der Waals surface area contributed by atoms with Gasteiger partial charge in [-0.2, -0.15) is 26.3 Å². The molecule has 0 aliphatic carbocycles. The number of amides is 2. The van der Waals surface area contributed by atoms with E-state index in [0.29, 0.717) is 18.0 Å². The number of anilines is 3. The Bertz CT molecular complexity index is 910. The lowest BCUT2D eigenvalue weighted by molar-refractivity contribution is -0.143. The van der Waals surface area contributed by atoms with Crippen LogP contribution in [0.15, 0.2) is 30.6 Å². The number of aromatic nitrogens is 2. The number of rotatable bonds is 6. The summed E-state index contributed by atoms with van der Waals surface area (Å²) in [6, 6.07) is 1.68. The van der Waals surface area contributed by atoms with Crippen LogP contribution in [0.25, 0.3) is 0 Å². The number of hydrogen-bond acceptors (Lipinski definition) is 5. The lowest BCUT2D eigenvalue weighted by Crippen LogP contribution is -2.33. The van der Waals surface area contributed by atoms with Gasteiger partial charge < -0.3 is 20.9 Å². The summed E-state index contributed by atoms with van der Waals surface area (Å²) in [5.74, 6) is 1.30. The van der Waals surface area contributed by atoms with E-state index < -0.39 is 35.2 Å². The van der Waals surface area contributed by atoms with E-state index in [0.717, 1.165) is 31.7 Å². The van der Waals surface area contributed by atoms with Gasteiger partial charge in [-0.25, -0.2) is 14.8 Å². The second-order valence-electron chi connectivity index (χ2n) is 7.06. The number of carbonyl (C=O) groups excluding carboxylic acids is 1. The Balaban J connectivity index is 1.53. The molecule has 2 aromatic rings. The van der Waals surface area contributed by atoms with E-state index in [9.17, 15) is 31.1 Å². The molecule has 2 amide bonds. The molecule has 0 saturated carbocycles. The molecule has 1 fully saturated rings. The predicted octanol–water partition coefficient (Wildman–Crippen LogP) is 4.35. The molecule has 174 valence electrons. The Morgan fingerprint density at radius 1 is 0.906 bits per heavy atom. The smallest absolute Gasteiger partial charge is 0.368 e. The number of hydrogen-bond donors (Lipinski definition) is 3. The minimum atomic E-state index is -5.00. The molecule has 1 aromatic heterocycles. The standard InChI is InChI=1S/C19H20F6N6O/c20-18(21,22)12-7-13(19(23,24)25)9-14(8-12)30-17(32)27-4-3-26-15-10-16(29-11-28-15)31-5-1-2-6-31/h7-11H,1-6H2,(H,26,28,29)(H2,27,30,32). The molecule has 2 heterocycles. The first-order valence-electron chi connectivity index (χ1n) is 9.67. The van der Waals surface area contributed by atoms with Crippen molar-refractivity contribution in [1.82, 2.24) is 15.3 Å². The lowest BCUT2D eigenvalue weighted by Gasteiger charge is -2.17. The van der Waals surface area contributed by atoms with Crippen molar-refractivity contribution in [3.63, 3.8) is 0 Å². The second kappa shape index (κ2) is 9.49. The lowest BCUT2D eigenvalue weighted by atomic mass is 10.1. The van der Waals surface area contributed by atoms with Crippen LogP contribution >= 0.6 is 0 Å². The van der Waals surface area contributed by atoms with Crippen LogP contribution in [0.4, 0.5) is 48.5 Å². The molecule has 0 unspecified atom stereocenters. The second-order valence-corrected chi connectivity index (χ2v) is 7.06. The van der Waals surface area contributed by atoms with Gasteiger partial charge in [-0.1, -0.05) is 0 Å². The number of carbonyl (C=O) groups is 1. The van der Waals surface area contributed by atoms with Crippen molar-refractivity contribution in [3.05, 3.63) is 41.7 Å². The van der Waals surface area contributed by atoms with Gasteiger partial charge in [0.1, 0.15) is 18.0 Å². The number of nitrogens with one attached hydrogen (secondary N) is 3. The third kappa shape index (κ3) is 6.37. The van der Waals surface area contributed by atoms with Gasteiger partial charge in [0, 0.05) is 37.9 Å². The maximum atomic E-state index is 12.9. The molecule has 0 bridgehead atoms. The average Bonchev–Trinajstić information content (AvgIpc) is 3.25. The van der Waals surface area contributed by atoms with E-state index >= 15 is 0 Å². The van der Waals surface area contributed by atoms with Crippen LogP contribution in [-0.2, 0) is 12.4 Å². The van der Waals surface area contributed by atoms with Crippen LogP contribution in [0.3, 0.4) is 0 Å². The highest BCUT2D eigenvalue weighted by molar-refractivity contribution is 5.89. The number of halogens is 6. The maximum absolute atomic E-state index is 12.9. The monoisotopic (exact) mass is 462 g/mol. The van der Waals surface area contributed by atoms with Crippen LogP contribution in [-0.4, -0.2) is 42.2 Å². The zero-order chi connectivity index (χ0) is 23.4. The molecule has 32 heavy (non-hydrogen) atoms. The molecule has 0 radical (unpaired) electrons. The highest BCUT2D eigenvalue weighted by Crippen LogP contribution is 2.37. The molecule has 0 spiro atoms. The van der Waals surface area contributed by atoms with Crippen molar-refractivity contribution >= 4 is 23.4 Å². The van der Waals surface area contributed by atoms with Crippen molar-refractivity contribution in [3.8, 4) is 0 Å². The highest BCUT2D eigenvalue weighted by atomic mass is 19.4. The summed E-state index contributed by atoms with van der Waals surface area (Å²) in [6.45, 7) is 2.08. The Morgan fingerprint density at radius 2 is 1.53 bits per heavy atom. The molecule has 3 rings (SSSR count). The summed E-state index contributed by atoms with van der Waals surface area (Å²) >= 11 is 0. The fourth-order valence-corrected chi connectivity index (χ4v) is 3.13. The zero-order valence-corrected chi connectivity index (χ0v) is 16.6. The molecule has 0 atom stereocenters. The van der Waals surface area contributed by atoms with Crippen molar-refractivity contribution in [2.75, 3.05) is 41.7 Å². The van der Waals surface area contributed by atoms with Crippen molar-refractivity contribution < 1.29 is 31.1 Å². The summed E-state index contributed by atoms with van der Waals surface area (Å²) in [4.78, 5) is 22.3. The molecular weight excluding hydrogens is 442 g/mol. The van der Waals surface area contributed by atoms with E-state index in [1.54, 1.807) is 6.07 Å². The SMILES string of the molecule is O=C(NCCNc1cc(N2CCCC2)ncn1)Nc1cc(C(F)(F)F)cc(C(F)(F)F)c1. The van der Waals surface area contributed by atoms with Crippen LogP contribution in [0.5, 0.6) is 0 Å². The predicted molar refractivity (Wildman–Crippen MR) is 105 cm³/mol. The van der Waals surface area contributed by atoms with Gasteiger partial charge in [0.15, 0.2) is 0 Å². The minimum absolute atomic E-state index is 0.00880. The third-order valence-corrected chi connectivity index (χ3v) is 4.64. The van der Waals surface area contributed by atoms with Crippen LogP contribution in [0, 0.1) is 0 Å². The van der Waals surface area contributed by atoms with Gasteiger partial charge in [-0.15, -0.1) is 0 Å². The van der Waals surface area contributed by atoms with Crippen LogP contribution in [0.2, 0.25) is 0 Å². The van der Waals surface area contributed by atoms with Crippen molar-refractivity contribution in [2.45, 2.75) is 25.2 Å². The van der Waals surface area contributed by atoms with Gasteiger partial charge >= 0.3 is 18.4 Å². The average molecular weight is 462 g/mol. The van der Waals surface area contributed by atoms with Crippen molar-refractivity contribution in [2.24, 2.45) is 0 Å². The topological polar surface area (TPSA) is 82.2 Å². The van der Waals surface area contributed by atoms with E-state index in [2.05, 4.69) is 25.5 Å². The number of nitrogens with zero attached hydrogens (tertiary/aromatic N) is 3. The number of benzene rings is 1. The Morgan fingerprint density at radius 3 is 2.12 bits per heavy atom. The maximum Gasteiger partial charge on any atom is 0.416 e. The molecule has 7 nitrogen and oxygen atoms in total. The van der Waals surface area contributed by atoms with Crippen molar-refractivity contribution in [1.29, 1.82) is 0 Å². The summed E-state index contributed by atoms with van der Waals surface area (Å²) in [7, 11) is 0. The van der Waals surface area contributed by atoms with Crippen LogP contribution in [0.1, 0.15) is 24.0 Å². The molecule has 13 heteroatoms. The van der Waals surface area contributed by atoms with Gasteiger partial charge in [0.25, 0.3) is 0 Å². The fourth-order valence-electron chi connectivity index (χ4n) is 3.13. The molecule has 1 aliphatic rings. The normalized spacial score (nSPS) is 14.4. The molecule has 1 saturated heterocycles. The highest BCUT2D eigenvalue weighted by Gasteiger charge is 2.37. The first-order valence-corrected chi connectivity index (χ1v) is 9.67. The molecular formula is C19H20F6N6O. The zero-order valence-electron chi connectivity index (χ0n) is 16.6. The summed E-state index contributed by atoms with van der Waals surface area (Å²) < 4.78 is 77.4. The minimum Gasteiger partial charge on any atom is -0.368 e. The summed E-state index contributed by atoms with van der Waals surface area (Å²) in [5.41, 5.74) is -3.65. The van der Waals surface area contributed by atoms with Gasteiger partial charge in [0.2, 0.25) is 0 Å². The Labute approximate surface area is 179 Å². The van der Waals surface area contributed by atoms with E-state index in [1.807, 2.05) is 5.32 Å². The third-order valence-electron chi connectivity index (χ3n) is 4.64. The first kappa shape index (κ1) is 23.4.